The molecule has 0 aliphatic heterocycles. The minimum atomic E-state index is -3.17. The molecule has 0 aliphatic rings. The zero-order chi connectivity index (χ0) is 12.0. The normalized spacial score (nSPS) is 11.4. The molecular formula is C11H15BrO3S. The molecule has 1 aromatic rings. The quantitative estimate of drug-likeness (QED) is 0.599. The van der Waals surface area contributed by atoms with Crippen molar-refractivity contribution < 1.29 is 13.2 Å². The second-order valence-corrected chi connectivity index (χ2v) is 6.30. The number of unbranched alkanes of at least 4 members (excludes halogenated alkanes) is 1. The van der Waals surface area contributed by atoms with Crippen molar-refractivity contribution in [3.63, 3.8) is 0 Å². The van der Waals surface area contributed by atoms with Crippen LogP contribution in [0.5, 0.6) is 5.75 Å². The van der Waals surface area contributed by atoms with Crippen LogP contribution in [0, 0.1) is 0 Å². The molecule has 0 radical (unpaired) electrons. The number of alkyl halides is 1. The van der Waals surface area contributed by atoms with E-state index < -0.39 is 9.84 Å². The van der Waals surface area contributed by atoms with Crippen molar-refractivity contribution in [2.24, 2.45) is 0 Å². The van der Waals surface area contributed by atoms with Gasteiger partial charge in [0.1, 0.15) is 5.75 Å². The summed E-state index contributed by atoms with van der Waals surface area (Å²) in [5, 5.41) is 0.834. The highest BCUT2D eigenvalue weighted by molar-refractivity contribution is 9.09. The fourth-order valence-electron chi connectivity index (χ4n) is 1.30. The Labute approximate surface area is 105 Å². The summed E-state index contributed by atoms with van der Waals surface area (Å²) in [6.45, 7) is 0. The first-order valence-electron chi connectivity index (χ1n) is 5.03. The number of ether oxygens (including phenoxy) is 1. The number of sulfone groups is 1. The van der Waals surface area contributed by atoms with E-state index in [0.717, 1.165) is 11.8 Å². The molecule has 0 saturated heterocycles. The summed E-state index contributed by atoms with van der Waals surface area (Å²) in [6, 6.07) is 6.59. The standard InChI is InChI=1S/C11H15BrO3S/c1-15-10-5-4-6-11(9-10)16(13,14)8-3-2-7-12/h4-6,9H,2-3,7-8H2,1H3. The maximum absolute atomic E-state index is 11.9. The van der Waals surface area contributed by atoms with E-state index in [1.165, 1.54) is 7.11 Å². The molecule has 90 valence electrons. The zero-order valence-corrected chi connectivity index (χ0v) is 11.6. The second-order valence-electron chi connectivity index (χ2n) is 3.39. The van der Waals surface area contributed by atoms with Gasteiger partial charge in [0.2, 0.25) is 0 Å². The Bertz CT molecular complexity index is 429. The van der Waals surface area contributed by atoms with Gasteiger partial charge < -0.3 is 4.74 Å². The summed E-state index contributed by atoms with van der Waals surface area (Å²) in [6.07, 6.45) is 1.54. The number of hydrogen-bond acceptors (Lipinski definition) is 3. The Morgan fingerprint density at radius 3 is 2.69 bits per heavy atom. The summed E-state index contributed by atoms with van der Waals surface area (Å²) >= 11 is 3.28. The van der Waals surface area contributed by atoms with E-state index in [9.17, 15) is 8.42 Å². The van der Waals surface area contributed by atoms with Crippen LogP contribution in [-0.4, -0.2) is 26.6 Å². The molecule has 16 heavy (non-hydrogen) atoms. The van der Waals surface area contributed by atoms with E-state index in [1.807, 2.05) is 0 Å². The topological polar surface area (TPSA) is 43.4 Å². The minimum Gasteiger partial charge on any atom is -0.497 e. The first-order valence-corrected chi connectivity index (χ1v) is 7.80. The maximum Gasteiger partial charge on any atom is 0.178 e. The second kappa shape index (κ2) is 6.25. The molecule has 0 bridgehead atoms. The minimum absolute atomic E-state index is 0.186. The van der Waals surface area contributed by atoms with Gasteiger partial charge in [-0.15, -0.1) is 0 Å². The molecule has 0 unspecified atom stereocenters. The van der Waals surface area contributed by atoms with Crippen LogP contribution >= 0.6 is 15.9 Å². The van der Waals surface area contributed by atoms with Crippen LogP contribution in [-0.2, 0) is 9.84 Å². The molecule has 3 nitrogen and oxygen atoms in total. The molecule has 0 N–H and O–H groups in total. The van der Waals surface area contributed by atoms with Crippen LogP contribution in [0.3, 0.4) is 0 Å². The monoisotopic (exact) mass is 306 g/mol. The molecule has 0 aromatic heterocycles. The molecule has 0 saturated carbocycles. The summed E-state index contributed by atoms with van der Waals surface area (Å²) < 4.78 is 28.8. The predicted molar refractivity (Wildman–Crippen MR) is 68.1 cm³/mol. The van der Waals surface area contributed by atoms with Crippen LogP contribution in [0.1, 0.15) is 12.8 Å². The third kappa shape index (κ3) is 3.79. The van der Waals surface area contributed by atoms with Crippen LogP contribution in [0.15, 0.2) is 29.2 Å². The smallest absolute Gasteiger partial charge is 0.178 e. The molecule has 0 atom stereocenters. The molecule has 1 aromatic carbocycles. The molecule has 0 heterocycles. The largest absolute Gasteiger partial charge is 0.497 e. The lowest BCUT2D eigenvalue weighted by atomic mass is 10.3. The number of rotatable bonds is 6. The number of halogens is 1. The van der Waals surface area contributed by atoms with Gasteiger partial charge in [0, 0.05) is 5.33 Å². The molecule has 5 heteroatoms. The van der Waals surface area contributed by atoms with E-state index in [2.05, 4.69) is 15.9 Å². The molecule has 0 amide bonds. The SMILES string of the molecule is COc1cccc(S(=O)(=O)CCCCBr)c1. The van der Waals surface area contributed by atoms with Gasteiger partial charge in [0.05, 0.1) is 17.8 Å². The number of methoxy groups -OCH3 is 1. The van der Waals surface area contributed by atoms with Gasteiger partial charge in [-0.3, -0.25) is 0 Å². The van der Waals surface area contributed by atoms with Gasteiger partial charge in [-0.1, -0.05) is 22.0 Å². The lowest BCUT2D eigenvalue weighted by molar-refractivity contribution is 0.413. The van der Waals surface area contributed by atoms with Crippen molar-refractivity contribution >= 4 is 25.8 Å². The Hall–Kier alpha value is -0.550. The van der Waals surface area contributed by atoms with Crippen molar-refractivity contribution in [3.05, 3.63) is 24.3 Å². The fraction of sp³-hybridized carbons (Fsp3) is 0.455. The van der Waals surface area contributed by atoms with E-state index >= 15 is 0 Å². The summed E-state index contributed by atoms with van der Waals surface area (Å²) in [5.41, 5.74) is 0. The fourth-order valence-corrected chi connectivity index (χ4v) is 3.10. The lowest BCUT2D eigenvalue weighted by Crippen LogP contribution is -2.07. The zero-order valence-electron chi connectivity index (χ0n) is 9.15. The number of benzene rings is 1. The van der Waals surface area contributed by atoms with Gasteiger partial charge in [-0.2, -0.15) is 0 Å². The summed E-state index contributed by atoms with van der Waals surface area (Å²) in [5.74, 6) is 0.757. The number of hydrogen-bond donors (Lipinski definition) is 0. The van der Waals surface area contributed by atoms with Crippen LogP contribution in [0.2, 0.25) is 0 Å². The molecule has 0 spiro atoms. The van der Waals surface area contributed by atoms with E-state index in [0.29, 0.717) is 17.1 Å². The van der Waals surface area contributed by atoms with Crippen LogP contribution < -0.4 is 4.74 Å². The molecule has 0 aliphatic carbocycles. The molecule has 0 fully saturated rings. The van der Waals surface area contributed by atoms with Crippen molar-refractivity contribution in [1.82, 2.24) is 0 Å². The third-order valence-corrected chi connectivity index (χ3v) is 4.56. The first kappa shape index (κ1) is 13.5. The average molecular weight is 307 g/mol. The van der Waals surface area contributed by atoms with E-state index in [-0.39, 0.29) is 5.75 Å². The molecule has 1 rings (SSSR count). The third-order valence-electron chi connectivity index (χ3n) is 2.20. The highest BCUT2D eigenvalue weighted by atomic mass is 79.9. The van der Waals surface area contributed by atoms with Crippen LogP contribution in [0.4, 0.5) is 0 Å². The van der Waals surface area contributed by atoms with Gasteiger partial charge in [-0.05, 0) is 31.0 Å². The van der Waals surface area contributed by atoms with Gasteiger partial charge in [0.25, 0.3) is 0 Å². The Morgan fingerprint density at radius 2 is 2.06 bits per heavy atom. The molecular weight excluding hydrogens is 292 g/mol. The first-order chi connectivity index (χ1) is 7.60. The van der Waals surface area contributed by atoms with Crippen molar-refractivity contribution in [2.45, 2.75) is 17.7 Å². The average Bonchev–Trinajstić information content (AvgIpc) is 2.29. The summed E-state index contributed by atoms with van der Waals surface area (Å²) in [7, 11) is -1.64. The Morgan fingerprint density at radius 1 is 1.31 bits per heavy atom. The van der Waals surface area contributed by atoms with Gasteiger partial charge in [0.15, 0.2) is 9.84 Å². The van der Waals surface area contributed by atoms with Gasteiger partial charge in [-0.25, -0.2) is 8.42 Å². The predicted octanol–water partition coefficient (Wildman–Crippen LogP) is 2.64. The maximum atomic E-state index is 11.9. The van der Waals surface area contributed by atoms with E-state index in [1.54, 1.807) is 24.3 Å². The van der Waals surface area contributed by atoms with Crippen LogP contribution in [0.25, 0.3) is 0 Å². The highest BCUT2D eigenvalue weighted by Gasteiger charge is 2.14. The lowest BCUT2D eigenvalue weighted by Gasteiger charge is -2.05. The van der Waals surface area contributed by atoms with Gasteiger partial charge >= 0.3 is 0 Å². The van der Waals surface area contributed by atoms with Crippen molar-refractivity contribution in [3.8, 4) is 5.75 Å². The summed E-state index contributed by atoms with van der Waals surface area (Å²) in [4.78, 5) is 0.335. The van der Waals surface area contributed by atoms with Crippen molar-refractivity contribution in [1.29, 1.82) is 0 Å². The highest BCUT2D eigenvalue weighted by Crippen LogP contribution is 2.19. The Kier molecular flexibility index (Phi) is 5.28. The van der Waals surface area contributed by atoms with Crippen molar-refractivity contribution in [2.75, 3.05) is 18.2 Å². The Balaban J connectivity index is 2.81. The van der Waals surface area contributed by atoms with E-state index in [4.69, 9.17) is 4.74 Å².